The second-order valence-electron chi connectivity index (χ2n) is 12.6. The zero-order chi connectivity index (χ0) is 31.6. The van der Waals surface area contributed by atoms with Crippen LogP contribution in [0.3, 0.4) is 0 Å². The summed E-state index contributed by atoms with van der Waals surface area (Å²) in [6.45, 7) is 0. The van der Waals surface area contributed by atoms with E-state index in [4.69, 9.17) is 23.8 Å². The Morgan fingerprint density at radius 1 is 0.562 bits per heavy atom. The van der Waals surface area contributed by atoms with E-state index < -0.39 is 0 Å². The number of hydrogen-bond donors (Lipinski definition) is 0. The third-order valence-corrected chi connectivity index (χ3v) is 9.74. The average Bonchev–Trinajstić information content (AvgIpc) is 3.72. The highest BCUT2D eigenvalue weighted by atomic mass is 16.3. The molecule has 3 heterocycles. The Balaban J connectivity index is 1.26. The van der Waals surface area contributed by atoms with Gasteiger partial charge in [-0.3, -0.25) is 0 Å². The van der Waals surface area contributed by atoms with Gasteiger partial charge >= 0.3 is 0 Å². The molecule has 0 saturated heterocycles. The van der Waals surface area contributed by atoms with E-state index >= 15 is 0 Å². The van der Waals surface area contributed by atoms with E-state index in [1.807, 2.05) is 24.3 Å². The van der Waals surface area contributed by atoms with Crippen molar-refractivity contribution in [3.63, 3.8) is 0 Å². The van der Waals surface area contributed by atoms with Crippen LogP contribution in [0.5, 0.6) is 0 Å². The van der Waals surface area contributed by atoms with Gasteiger partial charge in [0.15, 0.2) is 17.5 Å². The summed E-state index contributed by atoms with van der Waals surface area (Å²) in [5.74, 6) is 2.93. The van der Waals surface area contributed by atoms with Crippen molar-refractivity contribution in [2.75, 3.05) is 0 Å². The molecule has 228 valence electrons. The molecule has 2 aliphatic rings. The molecule has 0 saturated carbocycles. The van der Waals surface area contributed by atoms with Gasteiger partial charge in [-0.05, 0) is 83.5 Å². The van der Waals surface area contributed by atoms with Gasteiger partial charge in [-0.25, -0.2) is 15.0 Å². The molecule has 0 N–H and O–H groups in total. The van der Waals surface area contributed by atoms with Crippen LogP contribution in [0.1, 0.15) is 42.0 Å². The van der Waals surface area contributed by atoms with E-state index in [0.717, 1.165) is 86.6 Å². The predicted octanol–water partition coefficient (Wildman–Crippen LogP) is 11.2. The van der Waals surface area contributed by atoms with Crippen molar-refractivity contribution in [2.45, 2.75) is 25.7 Å². The van der Waals surface area contributed by atoms with Gasteiger partial charge in [0.1, 0.15) is 22.5 Å². The van der Waals surface area contributed by atoms with Crippen LogP contribution < -0.4 is 0 Å². The third-order valence-electron chi connectivity index (χ3n) is 9.74. The molecule has 0 bridgehead atoms. The lowest BCUT2D eigenvalue weighted by molar-refractivity contribution is 0.596. The Morgan fingerprint density at radius 3 is 2.21 bits per heavy atom. The number of allylic oxidation sites excluding steroid dienone is 5. The van der Waals surface area contributed by atoms with E-state index in [9.17, 15) is 0 Å². The van der Waals surface area contributed by atoms with Crippen LogP contribution in [0.15, 0.2) is 130 Å². The third kappa shape index (κ3) is 4.35. The second kappa shape index (κ2) is 10.7. The van der Waals surface area contributed by atoms with E-state index in [-0.39, 0.29) is 0 Å². The Kier molecular flexibility index (Phi) is 6.06. The van der Waals surface area contributed by atoms with Gasteiger partial charge < -0.3 is 8.83 Å². The van der Waals surface area contributed by atoms with Crippen LogP contribution in [0.2, 0.25) is 0 Å². The maximum absolute atomic E-state index is 6.43. The first kappa shape index (κ1) is 27.1. The van der Waals surface area contributed by atoms with Crippen molar-refractivity contribution < 1.29 is 8.83 Å². The molecule has 0 spiro atoms. The topological polar surface area (TPSA) is 65.0 Å². The minimum absolute atomic E-state index is 0.641. The number of hydrogen-bond acceptors (Lipinski definition) is 5. The summed E-state index contributed by atoms with van der Waals surface area (Å²) in [5.41, 5.74) is 9.14. The van der Waals surface area contributed by atoms with Gasteiger partial charge in [0, 0.05) is 32.8 Å². The first-order valence-electron chi connectivity index (χ1n) is 16.5. The number of para-hydroxylation sites is 2. The first-order valence-corrected chi connectivity index (χ1v) is 16.5. The predicted molar refractivity (Wildman–Crippen MR) is 194 cm³/mol. The molecule has 0 aliphatic heterocycles. The van der Waals surface area contributed by atoms with Crippen molar-refractivity contribution in [1.82, 2.24) is 15.0 Å². The van der Waals surface area contributed by atoms with Gasteiger partial charge in [0.05, 0.1) is 0 Å². The van der Waals surface area contributed by atoms with E-state index in [1.165, 1.54) is 21.9 Å². The van der Waals surface area contributed by atoms with Crippen LogP contribution in [-0.4, -0.2) is 15.0 Å². The molecule has 10 rings (SSSR count). The standard InChI is InChI=1S/C43H29N3O2/c1-2-11-27(12-3-1)41-44-42(30-19-18-26-10-4-5-13-28(26)24-30)46-43(45-41)40-31(22-23-37-39(40)34-15-7-9-17-36(34)47-37)29-20-21-33-32-14-6-8-16-35(32)48-38(33)25-29/h1-2,4-11,13-19,22-25H,3,12,20-21H2. The molecule has 0 fully saturated rings. The van der Waals surface area contributed by atoms with Gasteiger partial charge in [-0.15, -0.1) is 0 Å². The maximum atomic E-state index is 6.43. The fourth-order valence-electron chi connectivity index (χ4n) is 7.39. The van der Waals surface area contributed by atoms with E-state index in [0.29, 0.717) is 17.5 Å². The molecule has 5 heteroatoms. The highest BCUT2D eigenvalue weighted by Crippen LogP contribution is 2.44. The van der Waals surface area contributed by atoms with Crippen LogP contribution >= 0.6 is 0 Å². The van der Waals surface area contributed by atoms with Gasteiger partial charge in [-0.1, -0.05) is 97.1 Å². The normalized spacial score (nSPS) is 14.5. The summed E-state index contributed by atoms with van der Waals surface area (Å²) < 4.78 is 12.8. The van der Waals surface area contributed by atoms with Gasteiger partial charge in [-0.2, -0.15) is 0 Å². The fourth-order valence-corrected chi connectivity index (χ4v) is 7.39. The molecule has 5 nitrogen and oxygen atoms in total. The second-order valence-corrected chi connectivity index (χ2v) is 12.6. The number of nitrogens with zero attached hydrogens (tertiary/aromatic N) is 3. The van der Waals surface area contributed by atoms with Crippen LogP contribution in [0.25, 0.3) is 83.7 Å². The first-order chi connectivity index (χ1) is 23.8. The highest BCUT2D eigenvalue weighted by Gasteiger charge is 2.26. The average molecular weight is 620 g/mol. The highest BCUT2D eigenvalue weighted by molar-refractivity contribution is 6.15. The minimum atomic E-state index is 0.641. The van der Waals surface area contributed by atoms with E-state index in [2.05, 4.69) is 103 Å². The summed E-state index contributed by atoms with van der Waals surface area (Å²) in [5, 5.41) is 5.58. The number of aryl methyl sites for hydroxylation is 1. The van der Waals surface area contributed by atoms with Crippen LogP contribution in [0.4, 0.5) is 0 Å². The summed E-state index contributed by atoms with van der Waals surface area (Å²) in [4.78, 5) is 15.7. The van der Waals surface area contributed by atoms with Crippen molar-refractivity contribution in [1.29, 1.82) is 0 Å². The van der Waals surface area contributed by atoms with Gasteiger partial charge in [0.2, 0.25) is 0 Å². The Morgan fingerprint density at radius 2 is 1.33 bits per heavy atom. The summed E-state index contributed by atoms with van der Waals surface area (Å²) in [6, 6.07) is 35.6. The Hall–Kier alpha value is -6.07. The zero-order valence-electron chi connectivity index (χ0n) is 26.1. The van der Waals surface area contributed by atoms with Crippen molar-refractivity contribution in [3.05, 3.63) is 144 Å². The molecule has 5 aromatic carbocycles. The smallest absolute Gasteiger partial charge is 0.165 e. The number of rotatable bonds is 4. The van der Waals surface area contributed by atoms with Crippen molar-refractivity contribution >= 4 is 60.9 Å². The Labute approximate surface area is 276 Å². The van der Waals surface area contributed by atoms with Gasteiger partial charge in [0.25, 0.3) is 0 Å². The molecular weight excluding hydrogens is 590 g/mol. The molecular formula is C43H29N3O2. The minimum Gasteiger partial charge on any atom is -0.456 e. The number of aromatic nitrogens is 3. The zero-order valence-corrected chi connectivity index (χ0v) is 26.1. The lowest BCUT2D eigenvalue weighted by Crippen LogP contribution is -2.06. The molecule has 2 aliphatic carbocycles. The lowest BCUT2D eigenvalue weighted by atomic mass is 9.87. The summed E-state index contributed by atoms with van der Waals surface area (Å²) >= 11 is 0. The maximum Gasteiger partial charge on any atom is 0.165 e. The largest absolute Gasteiger partial charge is 0.456 e. The molecule has 48 heavy (non-hydrogen) atoms. The number of furan rings is 2. The van der Waals surface area contributed by atoms with E-state index in [1.54, 1.807) is 0 Å². The summed E-state index contributed by atoms with van der Waals surface area (Å²) in [6.07, 6.45) is 12.2. The van der Waals surface area contributed by atoms with Crippen LogP contribution in [0, 0.1) is 0 Å². The molecule has 8 aromatic rings. The molecule has 0 unspecified atom stereocenters. The quantitative estimate of drug-likeness (QED) is 0.196. The lowest BCUT2D eigenvalue weighted by Gasteiger charge is -2.18. The molecule has 0 atom stereocenters. The monoisotopic (exact) mass is 619 g/mol. The van der Waals surface area contributed by atoms with Crippen LogP contribution in [-0.2, 0) is 6.42 Å². The SMILES string of the molecule is C1=CCCC(c2nc(-c3ccc4ccccc4c3)nc(-c3c(C4=Cc5oc6ccccc6c5CC4)ccc4oc5ccccc5c34)n2)=C1. The Bertz CT molecular complexity index is 2690. The molecule has 3 aromatic heterocycles. The van der Waals surface area contributed by atoms with Crippen molar-refractivity contribution in [2.24, 2.45) is 0 Å². The number of benzene rings is 5. The summed E-state index contributed by atoms with van der Waals surface area (Å²) in [7, 11) is 0. The molecule has 0 amide bonds. The number of fused-ring (bicyclic) bond motifs is 7. The fraction of sp³-hybridized carbons (Fsp3) is 0.0930. The molecule has 0 radical (unpaired) electrons. The van der Waals surface area contributed by atoms with Crippen molar-refractivity contribution in [3.8, 4) is 22.8 Å².